The Balaban J connectivity index is 1.25. The molecule has 0 saturated heterocycles. The summed E-state index contributed by atoms with van der Waals surface area (Å²) >= 11 is 0. The summed E-state index contributed by atoms with van der Waals surface area (Å²) in [7, 11) is 0. The number of hydrogen-bond acceptors (Lipinski definition) is 4. The van der Waals surface area contributed by atoms with E-state index < -0.39 is 5.97 Å². The number of unbranched alkanes of at least 4 members (excludes halogenated alkanes) is 7. The summed E-state index contributed by atoms with van der Waals surface area (Å²) < 4.78 is 5.97. The Hall–Kier alpha value is -1.59. The Labute approximate surface area is 299 Å². The Morgan fingerprint density at radius 3 is 2.02 bits per heavy atom. The fourth-order valence-corrected chi connectivity index (χ4v) is 14.0. The van der Waals surface area contributed by atoms with Gasteiger partial charge in [-0.3, -0.25) is 14.4 Å². The topological polar surface area (TPSA) is 92.7 Å². The molecule has 5 saturated carbocycles. The number of carbonyl (C=O) groups is 3. The van der Waals surface area contributed by atoms with E-state index in [1.807, 2.05) is 0 Å². The van der Waals surface area contributed by atoms with Gasteiger partial charge in [0, 0.05) is 25.3 Å². The molecular formula is C43H73NO5. The van der Waals surface area contributed by atoms with Crippen LogP contribution in [0.1, 0.15) is 177 Å². The average molecular weight is 684 g/mol. The Kier molecular flexibility index (Phi) is 11.7. The van der Waals surface area contributed by atoms with Crippen molar-refractivity contribution in [2.75, 3.05) is 6.54 Å². The van der Waals surface area contributed by atoms with Crippen LogP contribution in [-0.4, -0.2) is 35.6 Å². The lowest BCUT2D eigenvalue weighted by molar-refractivity contribution is -0.250. The lowest BCUT2D eigenvalue weighted by Gasteiger charge is -2.73. The van der Waals surface area contributed by atoms with Crippen LogP contribution in [0.2, 0.25) is 0 Å². The number of hydrogen-bond donors (Lipinski definition) is 2. The summed E-state index contributed by atoms with van der Waals surface area (Å²) in [6, 6.07) is 0. The highest BCUT2D eigenvalue weighted by atomic mass is 16.5. The molecule has 0 radical (unpaired) electrons. The average Bonchev–Trinajstić information content (AvgIpc) is 3.43. The Morgan fingerprint density at radius 1 is 0.735 bits per heavy atom. The maximum Gasteiger partial charge on any atom is 0.303 e. The SMILES string of the molecule is CC(=O)O[C@H]1CC[C@]2(C)C3CC[C@@H]4[C@H]5[C@H](C(C)C)CC[C@]5(C(=O)NCCCCCCCCCCC(=O)O)CC[C@@]4(C)[C@]3(C)CC[C@H]2C1(C)C. The molecule has 0 aromatic rings. The van der Waals surface area contributed by atoms with Gasteiger partial charge in [0.1, 0.15) is 6.10 Å². The Bertz CT molecular complexity index is 1200. The molecule has 0 aromatic heterocycles. The zero-order chi connectivity index (χ0) is 35.8. The van der Waals surface area contributed by atoms with Crippen LogP contribution in [0, 0.1) is 62.6 Å². The molecule has 0 aliphatic heterocycles. The summed E-state index contributed by atoms with van der Waals surface area (Å²) in [5.74, 6) is 3.07. The van der Waals surface area contributed by atoms with Crippen molar-refractivity contribution < 1.29 is 24.2 Å². The van der Waals surface area contributed by atoms with Crippen LogP contribution in [0.4, 0.5) is 0 Å². The van der Waals surface area contributed by atoms with Gasteiger partial charge in [0.15, 0.2) is 0 Å². The van der Waals surface area contributed by atoms with E-state index in [2.05, 4.69) is 53.8 Å². The van der Waals surface area contributed by atoms with E-state index in [0.29, 0.717) is 47.8 Å². The van der Waals surface area contributed by atoms with Crippen LogP contribution in [-0.2, 0) is 19.1 Å². The number of aliphatic carboxylic acids is 1. The lowest BCUT2D eigenvalue weighted by Crippen LogP contribution is -2.67. The van der Waals surface area contributed by atoms with Gasteiger partial charge in [-0.25, -0.2) is 0 Å². The fraction of sp³-hybridized carbons (Fsp3) is 0.930. The van der Waals surface area contributed by atoms with Gasteiger partial charge < -0.3 is 15.2 Å². The van der Waals surface area contributed by atoms with E-state index in [-0.39, 0.29) is 39.1 Å². The molecule has 6 heteroatoms. The van der Waals surface area contributed by atoms with Crippen molar-refractivity contribution in [1.29, 1.82) is 0 Å². The summed E-state index contributed by atoms with van der Waals surface area (Å²) in [6.45, 7) is 19.9. The highest BCUT2D eigenvalue weighted by molar-refractivity contribution is 5.83. The van der Waals surface area contributed by atoms with Crippen molar-refractivity contribution in [3.63, 3.8) is 0 Å². The van der Waals surface area contributed by atoms with E-state index in [0.717, 1.165) is 64.3 Å². The second kappa shape index (κ2) is 14.8. The van der Waals surface area contributed by atoms with Gasteiger partial charge in [-0.2, -0.15) is 0 Å². The zero-order valence-corrected chi connectivity index (χ0v) is 32.8. The molecule has 1 unspecified atom stereocenters. The molecule has 0 bridgehead atoms. The maximum atomic E-state index is 14.4. The summed E-state index contributed by atoms with van der Waals surface area (Å²) in [6.07, 6.45) is 20.6. The van der Waals surface area contributed by atoms with E-state index in [9.17, 15) is 14.4 Å². The third kappa shape index (κ3) is 6.87. The molecule has 10 atom stereocenters. The molecule has 5 aliphatic rings. The van der Waals surface area contributed by atoms with Crippen LogP contribution in [0.25, 0.3) is 0 Å². The van der Waals surface area contributed by atoms with Gasteiger partial charge in [-0.1, -0.05) is 87.0 Å². The van der Waals surface area contributed by atoms with Crippen molar-refractivity contribution in [1.82, 2.24) is 5.32 Å². The quantitative estimate of drug-likeness (QED) is 0.140. The molecule has 5 aliphatic carbocycles. The molecule has 5 rings (SSSR count). The van der Waals surface area contributed by atoms with Gasteiger partial charge in [-0.15, -0.1) is 0 Å². The minimum Gasteiger partial charge on any atom is -0.481 e. The highest BCUT2D eigenvalue weighted by Gasteiger charge is 2.72. The number of nitrogens with one attached hydrogen (secondary N) is 1. The Morgan fingerprint density at radius 2 is 1.39 bits per heavy atom. The number of amides is 1. The molecule has 280 valence electrons. The van der Waals surface area contributed by atoms with Crippen molar-refractivity contribution in [2.45, 2.75) is 183 Å². The molecule has 0 aromatic carbocycles. The monoisotopic (exact) mass is 684 g/mol. The smallest absolute Gasteiger partial charge is 0.303 e. The third-order valence-electron chi connectivity index (χ3n) is 16.6. The van der Waals surface area contributed by atoms with Crippen LogP contribution in [0.3, 0.4) is 0 Å². The van der Waals surface area contributed by atoms with E-state index in [4.69, 9.17) is 9.84 Å². The first-order chi connectivity index (χ1) is 23.0. The van der Waals surface area contributed by atoms with Crippen molar-refractivity contribution in [3.05, 3.63) is 0 Å². The standard InChI is InChI=1S/C43H73NO5/c1-29(2)31-20-25-43(38(48)44-28-16-14-12-10-9-11-13-15-17-36(46)47)27-26-41(7)32(37(31)43)18-19-34-40(6)23-22-35(49-30(3)45)39(4,5)33(40)21-24-42(34,41)8/h29,31-35,37H,9-28H2,1-8H3,(H,44,48)(H,46,47)/t31-,32+,33-,34?,35-,37+,40-,41+,42+,43-/m0/s1. The second-order valence-corrected chi connectivity index (χ2v) is 19.5. The molecule has 2 N–H and O–H groups in total. The number of esters is 1. The summed E-state index contributed by atoms with van der Waals surface area (Å²) in [4.78, 5) is 37.2. The van der Waals surface area contributed by atoms with E-state index >= 15 is 0 Å². The van der Waals surface area contributed by atoms with Gasteiger partial charge in [-0.05, 0) is 129 Å². The van der Waals surface area contributed by atoms with Crippen molar-refractivity contribution in [3.8, 4) is 0 Å². The largest absolute Gasteiger partial charge is 0.481 e. The summed E-state index contributed by atoms with van der Waals surface area (Å²) in [5, 5.41) is 12.3. The molecular weight excluding hydrogens is 610 g/mol. The first-order valence-electron chi connectivity index (χ1n) is 20.7. The number of carboxylic acids is 1. The molecule has 6 nitrogen and oxygen atoms in total. The van der Waals surface area contributed by atoms with Crippen LogP contribution in [0.5, 0.6) is 0 Å². The second-order valence-electron chi connectivity index (χ2n) is 19.5. The lowest BCUT2D eigenvalue weighted by atomic mass is 9.32. The molecule has 49 heavy (non-hydrogen) atoms. The van der Waals surface area contributed by atoms with Crippen molar-refractivity contribution in [2.24, 2.45) is 62.6 Å². The molecule has 0 heterocycles. The first kappa shape index (κ1) is 38.6. The maximum absolute atomic E-state index is 14.4. The number of ether oxygens (including phenoxy) is 1. The first-order valence-corrected chi connectivity index (χ1v) is 20.7. The van der Waals surface area contributed by atoms with Gasteiger partial charge in [0.25, 0.3) is 0 Å². The highest BCUT2D eigenvalue weighted by Crippen LogP contribution is 2.77. The van der Waals surface area contributed by atoms with Gasteiger partial charge >= 0.3 is 11.9 Å². The summed E-state index contributed by atoms with van der Waals surface area (Å²) in [5.41, 5.74) is 0.522. The minimum absolute atomic E-state index is 0.0142. The van der Waals surface area contributed by atoms with Crippen molar-refractivity contribution >= 4 is 17.8 Å². The van der Waals surface area contributed by atoms with Gasteiger partial charge in [0.05, 0.1) is 5.41 Å². The molecule has 0 spiro atoms. The van der Waals surface area contributed by atoms with Crippen LogP contribution >= 0.6 is 0 Å². The molecule has 1 amide bonds. The zero-order valence-electron chi connectivity index (χ0n) is 32.8. The van der Waals surface area contributed by atoms with E-state index in [1.54, 1.807) is 6.92 Å². The normalized spacial score (nSPS) is 40.8. The van der Waals surface area contributed by atoms with Crippen LogP contribution < -0.4 is 5.32 Å². The predicted octanol–water partition coefficient (Wildman–Crippen LogP) is 10.4. The van der Waals surface area contributed by atoms with E-state index in [1.165, 1.54) is 57.8 Å². The third-order valence-corrected chi connectivity index (χ3v) is 16.6. The predicted molar refractivity (Wildman–Crippen MR) is 197 cm³/mol. The number of rotatable bonds is 14. The minimum atomic E-state index is -0.688. The number of carboxylic acid groups (broad SMARTS) is 1. The number of fused-ring (bicyclic) bond motifs is 7. The van der Waals surface area contributed by atoms with Crippen LogP contribution in [0.15, 0.2) is 0 Å². The van der Waals surface area contributed by atoms with Gasteiger partial charge in [0.2, 0.25) is 5.91 Å². The molecule has 5 fully saturated rings. The fourth-order valence-electron chi connectivity index (χ4n) is 14.0. The number of carbonyl (C=O) groups excluding carboxylic acids is 2.